The number of halogens is 3. The van der Waals surface area contributed by atoms with Crippen molar-refractivity contribution in [2.24, 2.45) is 5.73 Å². The Hall–Kier alpha value is -0.450. The fourth-order valence-electron chi connectivity index (χ4n) is 1.34. The van der Waals surface area contributed by atoms with Crippen molar-refractivity contribution in [3.8, 4) is 0 Å². The number of nitrogens with zero attached hydrogens (tertiary/aromatic N) is 1. The molecule has 0 fully saturated rings. The molecule has 2 rings (SSSR count). The first-order valence-corrected chi connectivity index (χ1v) is 7.03. The van der Waals surface area contributed by atoms with Gasteiger partial charge >= 0.3 is 0 Å². The highest BCUT2D eigenvalue weighted by atomic mass is 35.5. The van der Waals surface area contributed by atoms with E-state index >= 15 is 0 Å². The van der Waals surface area contributed by atoms with Crippen LogP contribution < -0.4 is 5.73 Å². The molecule has 2 nitrogen and oxygen atoms in total. The summed E-state index contributed by atoms with van der Waals surface area (Å²) in [5.74, 6) is 0. The van der Waals surface area contributed by atoms with Gasteiger partial charge in [-0.25, -0.2) is 4.98 Å². The molecular formula is C12H9Cl3N2S. The Bertz CT molecular complexity index is 575. The first-order chi connectivity index (χ1) is 8.61. The number of rotatable bonds is 3. The SMILES string of the molecule is NCc1ccnc(Sc2ccc(Cl)c(Cl)c2)c1Cl. The van der Waals surface area contributed by atoms with E-state index in [1.807, 2.05) is 6.07 Å². The van der Waals surface area contributed by atoms with Gasteiger partial charge in [0.15, 0.2) is 0 Å². The van der Waals surface area contributed by atoms with Crippen LogP contribution in [0, 0.1) is 0 Å². The molecule has 2 aromatic rings. The summed E-state index contributed by atoms with van der Waals surface area (Å²) in [6, 6.07) is 7.20. The predicted molar refractivity (Wildman–Crippen MR) is 77.7 cm³/mol. The van der Waals surface area contributed by atoms with Crippen LogP contribution in [0.1, 0.15) is 5.56 Å². The molecule has 0 atom stereocenters. The van der Waals surface area contributed by atoms with Gasteiger partial charge in [-0.3, -0.25) is 0 Å². The van der Waals surface area contributed by atoms with E-state index in [1.165, 1.54) is 11.8 Å². The van der Waals surface area contributed by atoms with Crippen molar-refractivity contribution in [1.29, 1.82) is 0 Å². The third-order valence-corrected chi connectivity index (χ3v) is 4.53. The highest BCUT2D eigenvalue weighted by Crippen LogP contribution is 2.35. The predicted octanol–water partition coefficient (Wildman–Crippen LogP) is 4.65. The fraction of sp³-hybridized carbons (Fsp3) is 0.0833. The summed E-state index contributed by atoms with van der Waals surface area (Å²) in [7, 11) is 0. The molecule has 0 unspecified atom stereocenters. The zero-order valence-electron chi connectivity index (χ0n) is 9.16. The Balaban J connectivity index is 2.31. The topological polar surface area (TPSA) is 38.9 Å². The zero-order valence-corrected chi connectivity index (χ0v) is 12.2. The average molecular weight is 320 g/mol. The van der Waals surface area contributed by atoms with Gasteiger partial charge in [-0.05, 0) is 29.8 Å². The van der Waals surface area contributed by atoms with Crippen LogP contribution in [0.3, 0.4) is 0 Å². The second-order valence-electron chi connectivity index (χ2n) is 3.47. The Kier molecular flexibility index (Phi) is 4.76. The minimum absolute atomic E-state index is 0.385. The molecule has 1 aromatic heterocycles. The molecule has 0 aliphatic carbocycles. The summed E-state index contributed by atoms with van der Waals surface area (Å²) in [5, 5.41) is 2.32. The van der Waals surface area contributed by atoms with Crippen molar-refractivity contribution in [3.63, 3.8) is 0 Å². The lowest BCUT2D eigenvalue weighted by Crippen LogP contribution is -1.98. The molecule has 0 amide bonds. The Morgan fingerprint density at radius 2 is 1.89 bits per heavy atom. The van der Waals surface area contributed by atoms with Gasteiger partial charge in [-0.1, -0.05) is 46.6 Å². The highest BCUT2D eigenvalue weighted by Gasteiger charge is 2.09. The standard InChI is InChI=1S/C12H9Cl3N2S/c13-9-2-1-8(5-10(9)14)18-12-11(15)7(6-16)3-4-17-12/h1-5H,6,16H2. The maximum atomic E-state index is 6.21. The molecule has 94 valence electrons. The summed E-state index contributed by atoms with van der Waals surface area (Å²) in [6.07, 6.45) is 1.69. The minimum Gasteiger partial charge on any atom is -0.326 e. The van der Waals surface area contributed by atoms with Gasteiger partial charge in [0.2, 0.25) is 0 Å². The summed E-state index contributed by atoms with van der Waals surface area (Å²) >= 11 is 19.5. The molecule has 2 N–H and O–H groups in total. The van der Waals surface area contributed by atoms with Crippen LogP contribution in [0.15, 0.2) is 40.4 Å². The lowest BCUT2D eigenvalue weighted by Gasteiger charge is -2.07. The summed E-state index contributed by atoms with van der Waals surface area (Å²) < 4.78 is 0. The third-order valence-electron chi connectivity index (χ3n) is 2.26. The summed E-state index contributed by atoms with van der Waals surface area (Å²) in [4.78, 5) is 5.16. The van der Waals surface area contributed by atoms with Gasteiger partial charge in [0.25, 0.3) is 0 Å². The second-order valence-corrected chi connectivity index (χ2v) is 5.73. The fourth-order valence-corrected chi connectivity index (χ4v) is 2.88. The maximum absolute atomic E-state index is 6.21. The van der Waals surface area contributed by atoms with Gasteiger partial charge in [-0.2, -0.15) is 0 Å². The van der Waals surface area contributed by atoms with Crippen molar-refractivity contribution in [1.82, 2.24) is 4.98 Å². The number of benzene rings is 1. The van der Waals surface area contributed by atoms with E-state index in [9.17, 15) is 0 Å². The van der Waals surface area contributed by atoms with E-state index in [0.29, 0.717) is 26.6 Å². The summed E-state index contributed by atoms with van der Waals surface area (Å²) in [6.45, 7) is 0.385. The van der Waals surface area contributed by atoms with Gasteiger partial charge in [-0.15, -0.1) is 0 Å². The smallest absolute Gasteiger partial charge is 0.120 e. The lowest BCUT2D eigenvalue weighted by molar-refractivity contribution is 1.02. The minimum atomic E-state index is 0.385. The molecule has 6 heteroatoms. The molecule has 0 saturated carbocycles. The van der Waals surface area contributed by atoms with Crippen LogP contribution in [0.25, 0.3) is 0 Å². The molecule has 0 bridgehead atoms. The third kappa shape index (κ3) is 3.11. The maximum Gasteiger partial charge on any atom is 0.120 e. The van der Waals surface area contributed by atoms with Crippen molar-refractivity contribution in [2.45, 2.75) is 16.5 Å². The number of pyridine rings is 1. The van der Waals surface area contributed by atoms with Crippen LogP contribution in [0.4, 0.5) is 0 Å². The second kappa shape index (κ2) is 6.13. The lowest BCUT2D eigenvalue weighted by atomic mass is 10.3. The number of hydrogen-bond donors (Lipinski definition) is 1. The van der Waals surface area contributed by atoms with E-state index in [4.69, 9.17) is 40.5 Å². The van der Waals surface area contributed by atoms with E-state index in [2.05, 4.69) is 4.98 Å². The Morgan fingerprint density at radius 3 is 2.56 bits per heavy atom. The van der Waals surface area contributed by atoms with Gasteiger partial charge < -0.3 is 5.73 Å². The average Bonchev–Trinajstić information content (AvgIpc) is 2.36. The van der Waals surface area contributed by atoms with E-state index in [1.54, 1.807) is 24.4 Å². The monoisotopic (exact) mass is 318 g/mol. The molecular weight excluding hydrogens is 311 g/mol. The number of nitrogens with two attached hydrogens (primary N) is 1. The van der Waals surface area contributed by atoms with Gasteiger partial charge in [0.05, 0.1) is 15.1 Å². The van der Waals surface area contributed by atoms with Crippen LogP contribution in [-0.4, -0.2) is 4.98 Å². The Morgan fingerprint density at radius 1 is 1.11 bits per heavy atom. The van der Waals surface area contributed by atoms with Crippen molar-refractivity contribution >= 4 is 46.6 Å². The van der Waals surface area contributed by atoms with E-state index in [-0.39, 0.29) is 0 Å². The number of hydrogen-bond acceptors (Lipinski definition) is 3. The molecule has 0 saturated heterocycles. The van der Waals surface area contributed by atoms with Crippen LogP contribution in [0.2, 0.25) is 15.1 Å². The quantitative estimate of drug-likeness (QED) is 0.895. The van der Waals surface area contributed by atoms with Crippen LogP contribution in [-0.2, 0) is 6.54 Å². The molecule has 0 aliphatic rings. The highest BCUT2D eigenvalue weighted by molar-refractivity contribution is 7.99. The van der Waals surface area contributed by atoms with Crippen molar-refractivity contribution in [3.05, 3.63) is 51.1 Å². The van der Waals surface area contributed by atoms with Crippen LogP contribution >= 0.6 is 46.6 Å². The molecule has 0 radical (unpaired) electrons. The molecule has 1 aromatic carbocycles. The largest absolute Gasteiger partial charge is 0.326 e. The van der Waals surface area contributed by atoms with Crippen molar-refractivity contribution < 1.29 is 0 Å². The summed E-state index contributed by atoms with van der Waals surface area (Å²) in [5.41, 5.74) is 6.47. The van der Waals surface area contributed by atoms with E-state index < -0.39 is 0 Å². The Labute approximate surface area is 124 Å². The van der Waals surface area contributed by atoms with Crippen LogP contribution in [0.5, 0.6) is 0 Å². The van der Waals surface area contributed by atoms with Gasteiger partial charge in [0.1, 0.15) is 5.03 Å². The van der Waals surface area contributed by atoms with Gasteiger partial charge in [0, 0.05) is 17.6 Å². The molecule has 0 spiro atoms. The number of aromatic nitrogens is 1. The normalized spacial score (nSPS) is 10.7. The van der Waals surface area contributed by atoms with E-state index in [0.717, 1.165) is 10.5 Å². The first-order valence-electron chi connectivity index (χ1n) is 5.08. The van der Waals surface area contributed by atoms with Crippen molar-refractivity contribution in [2.75, 3.05) is 0 Å². The molecule has 18 heavy (non-hydrogen) atoms. The molecule has 1 heterocycles. The first kappa shape index (κ1) is 14.0. The zero-order chi connectivity index (χ0) is 13.1. The molecule has 0 aliphatic heterocycles.